The average Bonchev–Trinajstić information content (AvgIpc) is 3.38. The van der Waals surface area contributed by atoms with E-state index in [0.29, 0.717) is 32.6 Å². The molecule has 160 valence electrons. The lowest BCUT2D eigenvalue weighted by molar-refractivity contribution is -0.0497. The van der Waals surface area contributed by atoms with Crippen molar-refractivity contribution in [1.29, 1.82) is 0 Å². The van der Waals surface area contributed by atoms with Crippen molar-refractivity contribution < 1.29 is 32.2 Å². The van der Waals surface area contributed by atoms with Gasteiger partial charge in [-0.05, 0) is 42.5 Å². The number of fused-ring (bicyclic) bond motifs is 1. The maximum absolute atomic E-state index is 12.5. The number of carbonyl (C=O) groups is 1. The van der Waals surface area contributed by atoms with Crippen LogP contribution in [0.25, 0.3) is 10.2 Å². The van der Waals surface area contributed by atoms with Crippen LogP contribution in [0.15, 0.2) is 59.0 Å². The van der Waals surface area contributed by atoms with Gasteiger partial charge in [-0.1, -0.05) is 23.5 Å². The van der Waals surface area contributed by atoms with E-state index in [1.54, 1.807) is 31.4 Å². The van der Waals surface area contributed by atoms with Crippen LogP contribution < -0.4 is 19.5 Å². The van der Waals surface area contributed by atoms with Crippen molar-refractivity contribution in [1.82, 2.24) is 4.98 Å². The zero-order valence-corrected chi connectivity index (χ0v) is 16.9. The number of para-hydroxylation sites is 2. The Morgan fingerprint density at radius 1 is 1.16 bits per heavy atom. The second-order valence-corrected chi connectivity index (χ2v) is 7.22. The minimum atomic E-state index is -2.91. The fourth-order valence-electron chi connectivity index (χ4n) is 2.76. The van der Waals surface area contributed by atoms with Gasteiger partial charge in [0.05, 0.1) is 17.3 Å². The number of thiazole rings is 1. The summed E-state index contributed by atoms with van der Waals surface area (Å²) in [6.07, 6.45) is 0. The Kier molecular flexibility index (Phi) is 5.99. The zero-order valence-electron chi connectivity index (χ0n) is 16.1. The van der Waals surface area contributed by atoms with Gasteiger partial charge >= 0.3 is 6.61 Å². The van der Waals surface area contributed by atoms with Crippen LogP contribution in [0.2, 0.25) is 0 Å². The second kappa shape index (κ2) is 9.00. The molecule has 0 unspecified atom stereocenters. The summed E-state index contributed by atoms with van der Waals surface area (Å²) < 4.78 is 46.1. The van der Waals surface area contributed by atoms with E-state index in [1.807, 2.05) is 12.1 Å². The van der Waals surface area contributed by atoms with Crippen molar-refractivity contribution >= 4 is 32.6 Å². The number of hydrogen-bond acceptors (Lipinski definition) is 7. The number of nitrogens with zero attached hydrogens (tertiary/aromatic N) is 1. The Labute approximate surface area is 179 Å². The van der Waals surface area contributed by atoms with Crippen molar-refractivity contribution in [3.8, 4) is 17.2 Å². The van der Waals surface area contributed by atoms with Crippen molar-refractivity contribution in [2.24, 2.45) is 0 Å². The third kappa shape index (κ3) is 4.92. The van der Waals surface area contributed by atoms with E-state index in [2.05, 4.69) is 15.0 Å². The third-order valence-electron chi connectivity index (χ3n) is 4.13. The van der Waals surface area contributed by atoms with Gasteiger partial charge in [0.25, 0.3) is 5.91 Å². The highest BCUT2D eigenvalue weighted by atomic mass is 32.1. The second-order valence-electron chi connectivity index (χ2n) is 6.19. The molecule has 0 saturated heterocycles. The first kappa shape index (κ1) is 20.6. The first-order chi connectivity index (χ1) is 15.0. The standard InChI is InChI=1S/C21H16F2N2O5S/c1-27-15-4-2-3-5-16(15)28-11-13-7-9-17(29-13)19(26)25-21-24-14-8-6-12(30-20(22)23)10-18(14)31-21/h2-10,20H,11H2,1H3,(H,24,25,26). The number of carbonyl (C=O) groups excluding carboxylic acids is 1. The van der Waals surface area contributed by atoms with Crippen LogP contribution in [0.4, 0.5) is 13.9 Å². The van der Waals surface area contributed by atoms with Gasteiger partial charge in [-0.25, -0.2) is 4.98 Å². The van der Waals surface area contributed by atoms with Crippen LogP contribution in [-0.2, 0) is 6.61 Å². The smallest absolute Gasteiger partial charge is 0.387 e. The average molecular weight is 446 g/mol. The van der Waals surface area contributed by atoms with E-state index in [-0.39, 0.29) is 18.1 Å². The molecule has 0 saturated carbocycles. The summed E-state index contributed by atoms with van der Waals surface area (Å²) in [5.41, 5.74) is 0.548. The molecule has 0 bridgehead atoms. The summed E-state index contributed by atoms with van der Waals surface area (Å²) >= 11 is 1.13. The molecule has 0 spiro atoms. The Bertz CT molecular complexity index is 1210. The summed E-state index contributed by atoms with van der Waals surface area (Å²) in [6, 6.07) is 14.7. The molecule has 0 aliphatic rings. The lowest BCUT2D eigenvalue weighted by Gasteiger charge is -2.08. The molecule has 1 amide bonds. The summed E-state index contributed by atoms with van der Waals surface area (Å²) in [4.78, 5) is 16.7. The number of alkyl halides is 2. The largest absolute Gasteiger partial charge is 0.493 e. The number of benzene rings is 2. The monoisotopic (exact) mass is 446 g/mol. The number of halogens is 2. The fourth-order valence-corrected chi connectivity index (χ4v) is 3.65. The number of nitrogens with one attached hydrogen (secondary N) is 1. The summed E-state index contributed by atoms with van der Waals surface area (Å²) in [6.45, 7) is -2.80. The molecule has 7 nitrogen and oxygen atoms in total. The highest BCUT2D eigenvalue weighted by molar-refractivity contribution is 7.22. The van der Waals surface area contributed by atoms with Gasteiger partial charge in [0.2, 0.25) is 0 Å². The highest BCUT2D eigenvalue weighted by Crippen LogP contribution is 2.30. The normalized spacial score (nSPS) is 11.0. The van der Waals surface area contributed by atoms with Gasteiger partial charge in [0, 0.05) is 0 Å². The predicted molar refractivity (Wildman–Crippen MR) is 110 cm³/mol. The SMILES string of the molecule is COc1ccccc1OCc1ccc(C(=O)Nc2nc3ccc(OC(F)F)cc3s2)o1. The van der Waals surface area contributed by atoms with Crippen LogP contribution in [-0.4, -0.2) is 24.6 Å². The van der Waals surface area contributed by atoms with E-state index < -0.39 is 12.5 Å². The Balaban J connectivity index is 1.40. The number of anilines is 1. The quantitative estimate of drug-likeness (QED) is 0.394. The summed E-state index contributed by atoms with van der Waals surface area (Å²) in [5.74, 6) is 1.21. The van der Waals surface area contributed by atoms with E-state index in [1.165, 1.54) is 18.2 Å². The van der Waals surface area contributed by atoms with Crippen LogP contribution in [0.3, 0.4) is 0 Å². The predicted octanol–water partition coefficient (Wildman–Crippen LogP) is 5.33. The number of furan rings is 1. The number of ether oxygens (including phenoxy) is 3. The van der Waals surface area contributed by atoms with Gasteiger partial charge in [0.1, 0.15) is 18.1 Å². The van der Waals surface area contributed by atoms with Gasteiger partial charge < -0.3 is 18.6 Å². The van der Waals surface area contributed by atoms with Gasteiger partial charge in [0.15, 0.2) is 22.4 Å². The summed E-state index contributed by atoms with van der Waals surface area (Å²) in [7, 11) is 1.55. The maximum Gasteiger partial charge on any atom is 0.387 e. The fraction of sp³-hybridized carbons (Fsp3) is 0.143. The number of amides is 1. The van der Waals surface area contributed by atoms with Crippen LogP contribution in [0.5, 0.6) is 17.2 Å². The third-order valence-corrected chi connectivity index (χ3v) is 5.06. The maximum atomic E-state index is 12.5. The lowest BCUT2D eigenvalue weighted by Crippen LogP contribution is -2.10. The highest BCUT2D eigenvalue weighted by Gasteiger charge is 2.15. The minimum absolute atomic E-state index is 0.0229. The van der Waals surface area contributed by atoms with E-state index in [4.69, 9.17) is 13.9 Å². The molecule has 4 rings (SSSR count). The zero-order chi connectivity index (χ0) is 21.8. The Morgan fingerprint density at radius 3 is 2.74 bits per heavy atom. The molecule has 31 heavy (non-hydrogen) atoms. The van der Waals surface area contributed by atoms with Crippen molar-refractivity contribution in [2.45, 2.75) is 13.2 Å². The Hall–Kier alpha value is -3.66. The molecule has 0 fully saturated rings. The molecule has 10 heteroatoms. The van der Waals surface area contributed by atoms with Crippen molar-refractivity contribution in [3.63, 3.8) is 0 Å². The first-order valence-corrected chi connectivity index (χ1v) is 9.85. The van der Waals surface area contributed by atoms with Gasteiger partial charge in [-0.15, -0.1) is 0 Å². The van der Waals surface area contributed by atoms with E-state index in [9.17, 15) is 13.6 Å². The van der Waals surface area contributed by atoms with E-state index >= 15 is 0 Å². The number of aromatic nitrogens is 1. The minimum Gasteiger partial charge on any atom is -0.493 e. The summed E-state index contributed by atoms with van der Waals surface area (Å²) in [5, 5.41) is 2.94. The molecular formula is C21H16F2N2O5S. The molecule has 0 radical (unpaired) electrons. The molecular weight excluding hydrogens is 430 g/mol. The van der Waals surface area contributed by atoms with Crippen LogP contribution in [0.1, 0.15) is 16.3 Å². The van der Waals surface area contributed by atoms with Gasteiger partial charge in [-0.3, -0.25) is 10.1 Å². The van der Waals surface area contributed by atoms with E-state index in [0.717, 1.165) is 11.3 Å². The first-order valence-electron chi connectivity index (χ1n) is 9.03. The van der Waals surface area contributed by atoms with Crippen molar-refractivity contribution in [2.75, 3.05) is 12.4 Å². The number of methoxy groups -OCH3 is 1. The molecule has 1 N–H and O–H groups in total. The molecule has 2 aromatic carbocycles. The van der Waals surface area contributed by atoms with Crippen LogP contribution >= 0.6 is 11.3 Å². The molecule has 0 aliphatic carbocycles. The number of hydrogen-bond donors (Lipinski definition) is 1. The molecule has 0 atom stereocenters. The molecule has 2 heterocycles. The molecule has 4 aromatic rings. The Morgan fingerprint density at radius 2 is 1.97 bits per heavy atom. The van der Waals surface area contributed by atoms with Crippen LogP contribution in [0, 0.1) is 0 Å². The molecule has 0 aliphatic heterocycles. The topological polar surface area (TPSA) is 82.8 Å². The molecule has 2 aromatic heterocycles. The number of rotatable bonds is 8. The van der Waals surface area contributed by atoms with Crippen molar-refractivity contribution in [3.05, 3.63) is 66.1 Å². The lowest BCUT2D eigenvalue weighted by atomic mass is 10.3. The van der Waals surface area contributed by atoms with Gasteiger partial charge in [-0.2, -0.15) is 8.78 Å².